The molecule has 2 amide bonds. The number of fused-ring (bicyclic) bond motifs is 1. The van der Waals surface area contributed by atoms with Gasteiger partial charge in [-0.1, -0.05) is 36.7 Å². The number of halogens is 2. The molecule has 0 fully saturated rings. The van der Waals surface area contributed by atoms with Gasteiger partial charge in [0, 0.05) is 23.1 Å². The Hall–Kier alpha value is -2.31. The first kappa shape index (κ1) is 18.5. The number of rotatable bonds is 5. The largest absolute Gasteiger partial charge is 0.352 e. The van der Waals surface area contributed by atoms with Crippen LogP contribution >= 0.6 is 27.5 Å². The van der Waals surface area contributed by atoms with Crippen LogP contribution in [0.2, 0.25) is 5.02 Å². The lowest BCUT2D eigenvalue weighted by atomic mass is 10.2. The molecule has 0 aliphatic rings. The summed E-state index contributed by atoms with van der Waals surface area (Å²) >= 11 is 9.66. The molecule has 0 bridgehead atoms. The van der Waals surface area contributed by atoms with E-state index in [0.717, 1.165) is 17.3 Å². The van der Waals surface area contributed by atoms with Crippen LogP contribution in [0, 0.1) is 0 Å². The molecule has 26 heavy (non-hydrogen) atoms. The van der Waals surface area contributed by atoms with Gasteiger partial charge in [-0.05, 0) is 46.6 Å². The van der Waals surface area contributed by atoms with Gasteiger partial charge in [-0.25, -0.2) is 0 Å². The normalized spacial score (nSPS) is 10.7. The van der Waals surface area contributed by atoms with Gasteiger partial charge < -0.3 is 15.6 Å². The van der Waals surface area contributed by atoms with Crippen LogP contribution in [0.5, 0.6) is 0 Å². The maximum atomic E-state index is 12.6. The third-order valence-electron chi connectivity index (χ3n) is 3.88. The van der Waals surface area contributed by atoms with Gasteiger partial charge in [-0.2, -0.15) is 0 Å². The van der Waals surface area contributed by atoms with Crippen molar-refractivity contribution >= 4 is 55.9 Å². The highest BCUT2D eigenvalue weighted by molar-refractivity contribution is 9.10. The molecule has 0 aliphatic heterocycles. The lowest BCUT2D eigenvalue weighted by molar-refractivity contribution is 0.0953. The van der Waals surface area contributed by atoms with Gasteiger partial charge in [0.1, 0.15) is 5.69 Å². The third kappa shape index (κ3) is 3.76. The van der Waals surface area contributed by atoms with E-state index in [1.54, 1.807) is 18.2 Å². The highest BCUT2D eigenvalue weighted by Gasteiger charge is 2.17. The number of hydrogen-bond donors (Lipinski definition) is 3. The molecule has 0 unspecified atom stereocenters. The predicted molar refractivity (Wildman–Crippen MR) is 108 cm³/mol. The zero-order valence-corrected chi connectivity index (χ0v) is 16.4. The molecule has 0 saturated heterocycles. The van der Waals surface area contributed by atoms with E-state index in [1.165, 1.54) is 0 Å². The number of benzene rings is 2. The van der Waals surface area contributed by atoms with Crippen molar-refractivity contribution < 1.29 is 9.59 Å². The quantitative estimate of drug-likeness (QED) is 0.530. The van der Waals surface area contributed by atoms with Crippen LogP contribution in [0.25, 0.3) is 10.9 Å². The molecule has 1 heterocycles. The molecule has 134 valence electrons. The first-order chi connectivity index (χ1) is 12.5. The Morgan fingerprint density at radius 3 is 2.62 bits per heavy atom. The summed E-state index contributed by atoms with van der Waals surface area (Å²) in [6.45, 7) is 2.56. The summed E-state index contributed by atoms with van der Waals surface area (Å²) in [5.41, 5.74) is 2.18. The summed E-state index contributed by atoms with van der Waals surface area (Å²) in [6.07, 6.45) is 0.844. The van der Waals surface area contributed by atoms with Crippen molar-refractivity contribution in [3.8, 4) is 0 Å². The first-order valence-electron chi connectivity index (χ1n) is 8.16. The molecule has 7 heteroatoms. The minimum absolute atomic E-state index is 0.229. The highest BCUT2D eigenvalue weighted by Crippen LogP contribution is 2.28. The number of aromatic amines is 1. The summed E-state index contributed by atoms with van der Waals surface area (Å²) in [5, 5.41) is 6.78. The monoisotopic (exact) mass is 433 g/mol. The van der Waals surface area contributed by atoms with Gasteiger partial charge in [-0.3, -0.25) is 9.59 Å². The van der Waals surface area contributed by atoms with E-state index in [9.17, 15) is 9.59 Å². The SMILES string of the molecule is CCCNC(=O)c1ccc(NC(=O)c2[nH]c3ccccc3c2Br)cc1Cl. The fourth-order valence-electron chi connectivity index (χ4n) is 2.57. The molecule has 0 spiro atoms. The average molecular weight is 435 g/mol. The lowest BCUT2D eigenvalue weighted by Crippen LogP contribution is -2.24. The van der Waals surface area contributed by atoms with E-state index in [4.69, 9.17) is 11.6 Å². The maximum Gasteiger partial charge on any atom is 0.273 e. The van der Waals surface area contributed by atoms with Crippen LogP contribution in [0.1, 0.15) is 34.2 Å². The van der Waals surface area contributed by atoms with Crippen LogP contribution < -0.4 is 10.6 Å². The van der Waals surface area contributed by atoms with E-state index >= 15 is 0 Å². The van der Waals surface area contributed by atoms with Crippen molar-refractivity contribution in [2.45, 2.75) is 13.3 Å². The van der Waals surface area contributed by atoms with Crippen molar-refractivity contribution in [2.75, 3.05) is 11.9 Å². The lowest BCUT2D eigenvalue weighted by Gasteiger charge is -2.09. The van der Waals surface area contributed by atoms with Crippen molar-refractivity contribution in [3.05, 3.63) is 63.2 Å². The second-order valence-electron chi connectivity index (χ2n) is 5.76. The fraction of sp³-hybridized carbons (Fsp3) is 0.158. The van der Waals surface area contributed by atoms with E-state index in [2.05, 4.69) is 31.5 Å². The van der Waals surface area contributed by atoms with E-state index in [0.29, 0.717) is 28.0 Å². The van der Waals surface area contributed by atoms with Gasteiger partial charge in [0.05, 0.1) is 15.1 Å². The Morgan fingerprint density at radius 1 is 1.15 bits per heavy atom. The van der Waals surface area contributed by atoms with Crippen LogP contribution in [-0.2, 0) is 0 Å². The smallest absolute Gasteiger partial charge is 0.273 e. The van der Waals surface area contributed by atoms with Gasteiger partial charge in [0.25, 0.3) is 11.8 Å². The molecule has 3 N–H and O–H groups in total. The zero-order valence-electron chi connectivity index (χ0n) is 14.0. The highest BCUT2D eigenvalue weighted by atomic mass is 79.9. The molecule has 0 radical (unpaired) electrons. The van der Waals surface area contributed by atoms with E-state index in [-0.39, 0.29) is 16.8 Å². The van der Waals surface area contributed by atoms with Crippen LogP contribution in [0.3, 0.4) is 0 Å². The number of amides is 2. The topological polar surface area (TPSA) is 74.0 Å². The van der Waals surface area contributed by atoms with Crippen LogP contribution in [-0.4, -0.2) is 23.3 Å². The number of anilines is 1. The van der Waals surface area contributed by atoms with Crippen LogP contribution in [0.4, 0.5) is 5.69 Å². The van der Waals surface area contributed by atoms with Crippen molar-refractivity contribution in [3.63, 3.8) is 0 Å². The molecule has 5 nitrogen and oxygen atoms in total. The maximum absolute atomic E-state index is 12.6. The van der Waals surface area contributed by atoms with Gasteiger partial charge in [-0.15, -0.1) is 0 Å². The number of carbonyl (C=O) groups is 2. The van der Waals surface area contributed by atoms with E-state index < -0.39 is 0 Å². The summed E-state index contributed by atoms with van der Waals surface area (Å²) in [4.78, 5) is 27.7. The summed E-state index contributed by atoms with van der Waals surface area (Å²) in [7, 11) is 0. The predicted octanol–water partition coefficient (Wildman–Crippen LogP) is 4.98. The fourth-order valence-corrected chi connectivity index (χ4v) is 3.46. The zero-order chi connectivity index (χ0) is 18.7. The number of H-pyrrole nitrogens is 1. The molecule has 0 saturated carbocycles. The average Bonchev–Trinajstić information content (AvgIpc) is 2.97. The molecule has 3 rings (SSSR count). The molecular weight excluding hydrogens is 418 g/mol. The molecular formula is C19H17BrClN3O2. The second kappa shape index (κ2) is 7.93. The summed E-state index contributed by atoms with van der Waals surface area (Å²) in [6, 6.07) is 12.5. The number of hydrogen-bond acceptors (Lipinski definition) is 2. The van der Waals surface area contributed by atoms with Crippen LogP contribution in [0.15, 0.2) is 46.9 Å². The molecule has 0 atom stereocenters. The van der Waals surface area contributed by atoms with Gasteiger partial charge in [0.15, 0.2) is 0 Å². The first-order valence-corrected chi connectivity index (χ1v) is 9.33. The number of nitrogens with one attached hydrogen (secondary N) is 3. The number of carbonyl (C=O) groups excluding carboxylic acids is 2. The standard InChI is InChI=1S/C19H17BrClN3O2/c1-2-9-22-18(25)12-8-7-11(10-14(12)21)23-19(26)17-16(20)13-5-3-4-6-15(13)24-17/h3-8,10,24H,2,9H2,1H3,(H,22,25)(H,23,26). The minimum atomic E-state index is -0.299. The van der Waals surface area contributed by atoms with Gasteiger partial charge in [0.2, 0.25) is 0 Å². The van der Waals surface area contributed by atoms with Gasteiger partial charge >= 0.3 is 0 Å². The van der Waals surface area contributed by atoms with Crippen molar-refractivity contribution in [2.24, 2.45) is 0 Å². The third-order valence-corrected chi connectivity index (χ3v) is 5.01. The Kier molecular flexibility index (Phi) is 5.64. The Morgan fingerprint density at radius 2 is 1.92 bits per heavy atom. The molecule has 2 aromatic carbocycles. The summed E-state index contributed by atoms with van der Waals surface area (Å²) < 4.78 is 0.701. The second-order valence-corrected chi connectivity index (χ2v) is 6.96. The molecule has 1 aromatic heterocycles. The Bertz CT molecular complexity index is 984. The number of aromatic nitrogens is 1. The van der Waals surface area contributed by atoms with E-state index in [1.807, 2.05) is 31.2 Å². The Balaban J connectivity index is 1.80. The molecule has 0 aliphatic carbocycles. The minimum Gasteiger partial charge on any atom is -0.352 e. The Labute approximate surface area is 164 Å². The van der Waals surface area contributed by atoms with Crippen molar-refractivity contribution in [1.29, 1.82) is 0 Å². The van der Waals surface area contributed by atoms with Crippen molar-refractivity contribution in [1.82, 2.24) is 10.3 Å². The molecule has 3 aromatic rings. The summed E-state index contributed by atoms with van der Waals surface area (Å²) in [5.74, 6) is -0.527. The number of para-hydroxylation sites is 1.